The lowest BCUT2D eigenvalue weighted by Gasteiger charge is -2.15. The minimum atomic E-state index is -0.0691. The molecule has 3 rings (SSSR count). The number of fused-ring (bicyclic) bond motifs is 1. The monoisotopic (exact) mass is 256 g/mol. The standard InChI is InChI=1S/C14H16N4O/c1-10(19)15-12-6-4-5-11(9-12)14-17-16-13-7-2-3-8-18(13)14/h4-6,9H,2-3,7-8H2,1H3,(H,15,19). The topological polar surface area (TPSA) is 59.8 Å². The maximum Gasteiger partial charge on any atom is 0.221 e. The number of carbonyl (C=O) groups is 1. The summed E-state index contributed by atoms with van der Waals surface area (Å²) in [5, 5.41) is 11.3. The van der Waals surface area contributed by atoms with Crippen molar-refractivity contribution in [3.05, 3.63) is 30.1 Å². The van der Waals surface area contributed by atoms with Crippen LogP contribution in [0.4, 0.5) is 5.69 Å². The molecule has 1 aliphatic heterocycles. The number of hydrogen-bond donors (Lipinski definition) is 1. The summed E-state index contributed by atoms with van der Waals surface area (Å²) in [5.41, 5.74) is 1.78. The quantitative estimate of drug-likeness (QED) is 0.896. The summed E-state index contributed by atoms with van der Waals surface area (Å²) in [5.74, 6) is 1.88. The predicted molar refractivity (Wildman–Crippen MR) is 72.7 cm³/mol. The first-order valence-corrected chi connectivity index (χ1v) is 6.54. The van der Waals surface area contributed by atoms with E-state index in [0.717, 1.165) is 35.9 Å². The fourth-order valence-corrected chi connectivity index (χ4v) is 2.46. The van der Waals surface area contributed by atoms with Crippen LogP contribution in [0.15, 0.2) is 24.3 Å². The largest absolute Gasteiger partial charge is 0.326 e. The van der Waals surface area contributed by atoms with E-state index in [1.165, 1.54) is 19.8 Å². The SMILES string of the molecule is CC(=O)Nc1cccc(-c2nnc3n2CCCC3)c1. The van der Waals surface area contributed by atoms with Gasteiger partial charge in [-0.2, -0.15) is 0 Å². The first kappa shape index (κ1) is 11.9. The normalized spacial score (nSPS) is 13.9. The van der Waals surface area contributed by atoms with E-state index in [4.69, 9.17) is 0 Å². The predicted octanol–water partition coefficient (Wildman–Crippen LogP) is 2.24. The molecule has 0 bridgehead atoms. The number of amides is 1. The highest BCUT2D eigenvalue weighted by Gasteiger charge is 2.16. The summed E-state index contributed by atoms with van der Waals surface area (Å²) < 4.78 is 2.18. The smallest absolute Gasteiger partial charge is 0.221 e. The zero-order valence-corrected chi connectivity index (χ0v) is 10.9. The fourth-order valence-electron chi connectivity index (χ4n) is 2.46. The first-order chi connectivity index (χ1) is 9.24. The molecule has 1 aromatic carbocycles. The Morgan fingerprint density at radius 2 is 2.21 bits per heavy atom. The Bertz CT molecular complexity index is 618. The molecule has 19 heavy (non-hydrogen) atoms. The Labute approximate surface area is 111 Å². The van der Waals surface area contributed by atoms with Crippen LogP contribution in [0, 0.1) is 0 Å². The van der Waals surface area contributed by atoms with Gasteiger partial charge in [-0.05, 0) is 25.0 Å². The molecule has 98 valence electrons. The van der Waals surface area contributed by atoms with E-state index in [9.17, 15) is 4.79 Å². The van der Waals surface area contributed by atoms with Crippen LogP contribution in [0.2, 0.25) is 0 Å². The minimum Gasteiger partial charge on any atom is -0.326 e. The van der Waals surface area contributed by atoms with Gasteiger partial charge in [0.25, 0.3) is 0 Å². The molecule has 0 saturated carbocycles. The van der Waals surface area contributed by atoms with Crippen LogP contribution in [0.5, 0.6) is 0 Å². The Kier molecular flexibility index (Phi) is 3.03. The minimum absolute atomic E-state index is 0.0691. The highest BCUT2D eigenvalue weighted by atomic mass is 16.1. The van der Waals surface area contributed by atoms with Crippen LogP contribution in [0.25, 0.3) is 11.4 Å². The van der Waals surface area contributed by atoms with Crippen molar-refractivity contribution in [1.29, 1.82) is 0 Å². The summed E-state index contributed by atoms with van der Waals surface area (Å²) in [6.45, 7) is 2.48. The van der Waals surface area contributed by atoms with Crippen molar-refractivity contribution in [2.45, 2.75) is 32.7 Å². The average molecular weight is 256 g/mol. The zero-order chi connectivity index (χ0) is 13.2. The molecule has 1 amide bonds. The second kappa shape index (κ2) is 4.84. The number of aromatic nitrogens is 3. The number of carbonyl (C=O) groups excluding carboxylic acids is 1. The van der Waals surface area contributed by atoms with Crippen molar-refractivity contribution in [1.82, 2.24) is 14.8 Å². The van der Waals surface area contributed by atoms with Crippen LogP contribution in [-0.4, -0.2) is 20.7 Å². The molecular formula is C14H16N4O. The van der Waals surface area contributed by atoms with Crippen molar-refractivity contribution >= 4 is 11.6 Å². The van der Waals surface area contributed by atoms with Crippen molar-refractivity contribution < 1.29 is 4.79 Å². The summed E-state index contributed by atoms with van der Waals surface area (Å²) >= 11 is 0. The number of aryl methyl sites for hydroxylation is 1. The lowest BCUT2D eigenvalue weighted by molar-refractivity contribution is -0.114. The van der Waals surface area contributed by atoms with E-state index in [0.29, 0.717) is 0 Å². The molecule has 2 heterocycles. The highest BCUT2D eigenvalue weighted by Crippen LogP contribution is 2.24. The molecule has 5 nitrogen and oxygen atoms in total. The Morgan fingerprint density at radius 1 is 1.32 bits per heavy atom. The van der Waals surface area contributed by atoms with Gasteiger partial charge in [-0.1, -0.05) is 12.1 Å². The highest BCUT2D eigenvalue weighted by molar-refractivity contribution is 5.89. The fraction of sp³-hybridized carbons (Fsp3) is 0.357. The molecule has 0 radical (unpaired) electrons. The van der Waals surface area contributed by atoms with Crippen LogP contribution in [-0.2, 0) is 17.8 Å². The Hall–Kier alpha value is -2.17. The van der Waals surface area contributed by atoms with Gasteiger partial charge in [0, 0.05) is 31.1 Å². The number of anilines is 1. The molecule has 0 unspecified atom stereocenters. The van der Waals surface area contributed by atoms with Crippen molar-refractivity contribution in [2.24, 2.45) is 0 Å². The van der Waals surface area contributed by atoms with E-state index in [1.54, 1.807) is 0 Å². The Morgan fingerprint density at radius 3 is 3.05 bits per heavy atom. The molecule has 5 heteroatoms. The third-order valence-corrected chi connectivity index (χ3v) is 3.30. The maximum absolute atomic E-state index is 11.1. The van der Waals surface area contributed by atoms with Gasteiger partial charge in [0.15, 0.2) is 5.82 Å². The summed E-state index contributed by atoms with van der Waals surface area (Å²) in [7, 11) is 0. The van der Waals surface area contributed by atoms with Crippen LogP contribution in [0.3, 0.4) is 0 Å². The third-order valence-electron chi connectivity index (χ3n) is 3.30. The summed E-state index contributed by atoms with van der Waals surface area (Å²) in [6.07, 6.45) is 3.35. The Balaban J connectivity index is 1.97. The van der Waals surface area contributed by atoms with Gasteiger partial charge in [0.05, 0.1) is 0 Å². The average Bonchev–Trinajstić information content (AvgIpc) is 2.82. The molecule has 0 aliphatic carbocycles. The molecule has 0 atom stereocenters. The molecule has 2 aromatic rings. The first-order valence-electron chi connectivity index (χ1n) is 6.54. The molecule has 1 aromatic heterocycles. The zero-order valence-electron chi connectivity index (χ0n) is 10.9. The van der Waals surface area contributed by atoms with Gasteiger partial charge in [-0.15, -0.1) is 10.2 Å². The molecular weight excluding hydrogens is 240 g/mol. The van der Waals surface area contributed by atoms with E-state index in [1.807, 2.05) is 24.3 Å². The molecule has 1 aliphatic rings. The van der Waals surface area contributed by atoms with Crippen LogP contribution < -0.4 is 5.32 Å². The second-order valence-electron chi connectivity index (χ2n) is 4.81. The third kappa shape index (κ3) is 2.36. The maximum atomic E-state index is 11.1. The number of benzene rings is 1. The molecule has 0 fully saturated rings. The van der Waals surface area contributed by atoms with Crippen molar-refractivity contribution in [3.8, 4) is 11.4 Å². The van der Waals surface area contributed by atoms with Gasteiger partial charge in [0.2, 0.25) is 5.91 Å². The van der Waals surface area contributed by atoms with Crippen LogP contribution >= 0.6 is 0 Å². The van der Waals surface area contributed by atoms with Crippen molar-refractivity contribution in [2.75, 3.05) is 5.32 Å². The van der Waals surface area contributed by atoms with E-state index < -0.39 is 0 Å². The van der Waals surface area contributed by atoms with E-state index in [-0.39, 0.29) is 5.91 Å². The summed E-state index contributed by atoms with van der Waals surface area (Å²) in [4.78, 5) is 11.1. The van der Waals surface area contributed by atoms with Crippen LogP contribution in [0.1, 0.15) is 25.6 Å². The number of hydrogen-bond acceptors (Lipinski definition) is 3. The van der Waals surface area contributed by atoms with E-state index in [2.05, 4.69) is 20.1 Å². The summed E-state index contributed by atoms with van der Waals surface area (Å²) in [6, 6.07) is 7.73. The van der Waals surface area contributed by atoms with Gasteiger partial charge < -0.3 is 9.88 Å². The molecule has 1 N–H and O–H groups in total. The number of nitrogens with one attached hydrogen (secondary N) is 1. The van der Waals surface area contributed by atoms with Crippen molar-refractivity contribution in [3.63, 3.8) is 0 Å². The number of rotatable bonds is 2. The van der Waals surface area contributed by atoms with Gasteiger partial charge >= 0.3 is 0 Å². The molecule has 0 saturated heterocycles. The lowest BCUT2D eigenvalue weighted by Crippen LogP contribution is -2.11. The molecule has 0 spiro atoms. The van der Waals surface area contributed by atoms with Gasteiger partial charge in [0.1, 0.15) is 5.82 Å². The van der Waals surface area contributed by atoms with E-state index >= 15 is 0 Å². The van der Waals surface area contributed by atoms with Gasteiger partial charge in [-0.25, -0.2) is 0 Å². The second-order valence-corrected chi connectivity index (χ2v) is 4.81. The van der Waals surface area contributed by atoms with Gasteiger partial charge in [-0.3, -0.25) is 4.79 Å². The number of nitrogens with zero attached hydrogens (tertiary/aromatic N) is 3. The lowest BCUT2D eigenvalue weighted by atomic mass is 10.1.